The van der Waals surface area contributed by atoms with Crippen LogP contribution in [0, 0.1) is 0 Å². The van der Waals surface area contributed by atoms with Crippen molar-refractivity contribution in [2.24, 2.45) is 9.98 Å². The van der Waals surface area contributed by atoms with Crippen LogP contribution in [-0.2, 0) is 14.2 Å². The first-order valence-corrected chi connectivity index (χ1v) is 7.05. The third-order valence-corrected chi connectivity index (χ3v) is 3.11. The van der Waals surface area contributed by atoms with Gasteiger partial charge in [0.15, 0.2) is 6.29 Å². The molecule has 0 aromatic heterocycles. The number of hydrogen-bond donors (Lipinski definition) is 0. The number of hydrogen-bond acceptors (Lipinski definition) is 5. The van der Waals surface area contributed by atoms with Gasteiger partial charge in [0.05, 0.1) is 24.4 Å². The van der Waals surface area contributed by atoms with Crippen molar-refractivity contribution in [3.8, 4) is 0 Å². The fraction of sp³-hybridized carbons (Fsp3) is 0.857. The van der Waals surface area contributed by atoms with E-state index in [1.165, 1.54) is 6.42 Å². The van der Waals surface area contributed by atoms with Gasteiger partial charge in [-0.05, 0) is 40.0 Å². The van der Waals surface area contributed by atoms with Crippen molar-refractivity contribution >= 4 is 12.1 Å². The lowest BCUT2D eigenvalue weighted by Crippen LogP contribution is -2.38. The molecule has 108 valence electrons. The summed E-state index contributed by atoms with van der Waals surface area (Å²) in [6.45, 7) is 7.98. The first-order valence-electron chi connectivity index (χ1n) is 7.05. The quantitative estimate of drug-likeness (QED) is 0.785. The van der Waals surface area contributed by atoms with Crippen molar-refractivity contribution < 1.29 is 14.2 Å². The van der Waals surface area contributed by atoms with Crippen LogP contribution in [0.4, 0.5) is 0 Å². The summed E-state index contributed by atoms with van der Waals surface area (Å²) in [5.74, 6) is 0.597. The van der Waals surface area contributed by atoms with Crippen molar-refractivity contribution in [1.29, 1.82) is 0 Å². The minimum Gasteiger partial charge on any atom is -0.474 e. The van der Waals surface area contributed by atoms with Crippen molar-refractivity contribution in [2.75, 3.05) is 19.8 Å². The molecule has 0 aliphatic carbocycles. The lowest BCUT2D eigenvalue weighted by molar-refractivity contribution is -0.222. The number of rotatable bonds is 4. The fourth-order valence-electron chi connectivity index (χ4n) is 2.03. The van der Waals surface area contributed by atoms with Gasteiger partial charge in [0.25, 0.3) is 0 Å². The Labute approximate surface area is 115 Å². The second-order valence-corrected chi connectivity index (χ2v) is 5.77. The number of aliphatic imine (C=N–C) groups is 2. The van der Waals surface area contributed by atoms with E-state index in [1.807, 2.05) is 20.8 Å². The van der Waals surface area contributed by atoms with Crippen LogP contribution in [0.25, 0.3) is 0 Å². The third-order valence-electron chi connectivity index (χ3n) is 3.11. The molecule has 0 saturated carbocycles. The minimum absolute atomic E-state index is 0.102. The van der Waals surface area contributed by atoms with Crippen LogP contribution in [-0.4, -0.2) is 49.8 Å². The molecule has 0 aromatic rings. The summed E-state index contributed by atoms with van der Waals surface area (Å²) in [4.78, 5) is 8.60. The maximum Gasteiger partial charge on any atom is 0.227 e. The summed E-state index contributed by atoms with van der Waals surface area (Å²) in [7, 11) is 0. The Morgan fingerprint density at radius 3 is 2.89 bits per heavy atom. The molecule has 0 N–H and O–H groups in total. The summed E-state index contributed by atoms with van der Waals surface area (Å²) in [5, 5.41) is 0. The van der Waals surface area contributed by atoms with Gasteiger partial charge in [-0.1, -0.05) is 0 Å². The van der Waals surface area contributed by atoms with Crippen molar-refractivity contribution in [3.63, 3.8) is 0 Å². The molecule has 2 aliphatic rings. The predicted molar refractivity (Wildman–Crippen MR) is 75.0 cm³/mol. The largest absolute Gasteiger partial charge is 0.474 e. The topological polar surface area (TPSA) is 52.4 Å². The average molecular weight is 268 g/mol. The molecule has 2 rings (SSSR count). The standard InChI is InChI=1S/C14H24N2O3/c1-11-8-16-12(9-15-11)18-10-14(2,3)19-13-6-4-5-7-17-13/h9,11,13H,4-8,10H2,1-3H3. The van der Waals surface area contributed by atoms with Gasteiger partial charge in [-0.2, -0.15) is 0 Å². The Hall–Kier alpha value is -0.940. The molecule has 0 bridgehead atoms. The second kappa shape index (κ2) is 6.48. The van der Waals surface area contributed by atoms with E-state index < -0.39 is 0 Å². The summed E-state index contributed by atoms with van der Waals surface area (Å²) >= 11 is 0. The van der Waals surface area contributed by atoms with Crippen LogP contribution in [0.2, 0.25) is 0 Å². The monoisotopic (exact) mass is 268 g/mol. The molecule has 0 spiro atoms. The molecular weight excluding hydrogens is 244 g/mol. The van der Waals surface area contributed by atoms with Gasteiger partial charge in [0.2, 0.25) is 5.90 Å². The molecule has 0 aromatic carbocycles. The Balaban J connectivity index is 1.75. The normalized spacial score (nSPS) is 28.1. The van der Waals surface area contributed by atoms with Crippen LogP contribution in [0.3, 0.4) is 0 Å². The predicted octanol–water partition coefficient (Wildman–Crippen LogP) is 2.20. The van der Waals surface area contributed by atoms with Gasteiger partial charge in [-0.15, -0.1) is 0 Å². The molecule has 5 heteroatoms. The maximum atomic E-state index is 5.94. The summed E-state index contributed by atoms with van der Waals surface area (Å²) in [5.41, 5.74) is -0.387. The lowest BCUT2D eigenvalue weighted by Gasteiger charge is -2.32. The molecule has 5 nitrogen and oxygen atoms in total. The van der Waals surface area contributed by atoms with Crippen LogP contribution in [0.1, 0.15) is 40.0 Å². The molecule has 0 amide bonds. The van der Waals surface area contributed by atoms with Gasteiger partial charge in [0, 0.05) is 6.61 Å². The molecule has 2 heterocycles. The molecule has 2 unspecified atom stereocenters. The summed E-state index contributed by atoms with van der Waals surface area (Å²) < 4.78 is 17.2. The van der Waals surface area contributed by atoms with E-state index in [1.54, 1.807) is 6.21 Å². The van der Waals surface area contributed by atoms with Gasteiger partial charge in [0.1, 0.15) is 6.61 Å². The summed E-state index contributed by atoms with van der Waals surface area (Å²) in [6, 6.07) is 0.257. The van der Waals surface area contributed by atoms with Crippen molar-refractivity contribution in [2.45, 2.75) is 58.0 Å². The van der Waals surface area contributed by atoms with E-state index in [-0.39, 0.29) is 17.9 Å². The van der Waals surface area contributed by atoms with Crippen LogP contribution < -0.4 is 0 Å². The number of ether oxygens (including phenoxy) is 3. The Kier molecular flexibility index (Phi) is 4.93. The van der Waals surface area contributed by atoms with Crippen molar-refractivity contribution in [3.05, 3.63) is 0 Å². The van der Waals surface area contributed by atoms with Crippen LogP contribution in [0.5, 0.6) is 0 Å². The molecule has 1 fully saturated rings. The molecule has 0 radical (unpaired) electrons. The zero-order valence-corrected chi connectivity index (χ0v) is 12.1. The van der Waals surface area contributed by atoms with Gasteiger partial charge >= 0.3 is 0 Å². The Morgan fingerprint density at radius 1 is 1.42 bits per heavy atom. The number of nitrogens with zero attached hydrogens (tertiary/aromatic N) is 2. The molecule has 1 saturated heterocycles. The molecular formula is C14H24N2O3. The second-order valence-electron chi connectivity index (χ2n) is 5.77. The highest BCUT2D eigenvalue weighted by Crippen LogP contribution is 2.21. The molecule has 2 aliphatic heterocycles. The zero-order chi connectivity index (χ0) is 13.7. The first kappa shape index (κ1) is 14.5. The Morgan fingerprint density at radius 2 is 2.26 bits per heavy atom. The first-order chi connectivity index (χ1) is 9.05. The molecule has 2 atom stereocenters. The van der Waals surface area contributed by atoms with E-state index in [0.29, 0.717) is 19.0 Å². The van der Waals surface area contributed by atoms with Gasteiger partial charge in [-0.3, -0.25) is 4.99 Å². The lowest BCUT2D eigenvalue weighted by atomic mass is 10.1. The highest BCUT2D eigenvalue weighted by Gasteiger charge is 2.27. The van der Waals surface area contributed by atoms with E-state index in [4.69, 9.17) is 14.2 Å². The highest BCUT2D eigenvalue weighted by molar-refractivity contribution is 6.26. The summed E-state index contributed by atoms with van der Waals surface area (Å²) in [6.07, 6.45) is 4.85. The maximum absolute atomic E-state index is 5.94. The molecule has 19 heavy (non-hydrogen) atoms. The third kappa shape index (κ3) is 4.91. The van der Waals surface area contributed by atoms with Gasteiger partial charge < -0.3 is 14.2 Å². The average Bonchev–Trinajstić information content (AvgIpc) is 2.39. The smallest absolute Gasteiger partial charge is 0.227 e. The zero-order valence-electron chi connectivity index (χ0n) is 12.1. The highest BCUT2D eigenvalue weighted by atomic mass is 16.7. The van der Waals surface area contributed by atoms with Crippen molar-refractivity contribution in [1.82, 2.24) is 0 Å². The minimum atomic E-state index is -0.387. The fourth-order valence-corrected chi connectivity index (χ4v) is 2.03. The van der Waals surface area contributed by atoms with Gasteiger partial charge in [-0.25, -0.2) is 4.99 Å². The Bertz CT molecular complexity index is 347. The van der Waals surface area contributed by atoms with E-state index >= 15 is 0 Å². The van der Waals surface area contributed by atoms with E-state index in [2.05, 4.69) is 9.98 Å². The van der Waals surface area contributed by atoms with Crippen LogP contribution >= 0.6 is 0 Å². The van der Waals surface area contributed by atoms with Crippen LogP contribution in [0.15, 0.2) is 9.98 Å². The SMILES string of the molecule is CC1CN=C(OCC(C)(C)OC2CCCCO2)C=N1. The van der Waals surface area contributed by atoms with E-state index in [9.17, 15) is 0 Å². The van der Waals surface area contributed by atoms with E-state index in [0.717, 1.165) is 19.4 Å².